The topological polar surface area (TPSA) is 12.0 Å². The molecule has 0 aromatic rings. The lowest BCUT2D eigenvalue weighted by atomic mass is 9.70. The van der Waals surface area contributed by atoms with Gasteiger partial charge in [0.25, 0.3) is 0 Å². The Hall–Kier alpha value is 0.310. The van der Waals surface area contributed by atoms with E-state index in [1.54, 1.807) is 0 Å². The van der Waals surface area contributed by atoms with Crippen molar-refractivity contribution < 1.29 is 0 Å². The van der Waals surface area contributed by atoms with Crippen LogP contribution in [-0.4, -0.2) is 23.6 Å². The molecule has 0 bridgehead atoms. The van der Waals surface area contributed by atoms with Gasteiger partial charge in [-0.25, -0.2) is 0 Å². The number of thioether (sulfide) groups is 1. The SMILES string of the molecule is CCSCCC(C)NC1CCC(C)(C)CC1C. The van der Waals surface area contributed by atoms with Gasteiger partial charge < -0.3 is 5.32 Å². The number of rotatable bonds is 6. The summed E-state index contributed by atoms with van der Waals surface area (Å²) in [6.07, 6.45) is 5.43. The van der Waals surface area contributed by atoms with E-state index in [0.717, 1.165) is 12.0 Å². The summed E-state index contributed by atoms with van der Waals surface area (Å²) in [5.41, 5.74) is 0.568. The summed E-state index contributed by atoms with van der Waals surface area (Å²) in [6, 6.07) is 1.44. The lowest BCUT2D eigenvalue weighted by molar-refractivity contribution is 0.142. The molecule has 0 amide bonds. The first-order valence-corrected chi connectivity index (χ1v) is 8.44. The van der Waals surface area contributed by atoms with Crippen LogP contribution in [0.2, 0.25) is 0 Å². The summed E-state index contributed by atoms with van der Waals surface area (Å²) in [4.78, 5) is 0. The first kappa shape index (κ1) is 15.4. The molecule has 0 aromatic heterocycles. The summed E-state index contributed by atoms with van der Waals surface area (Å²) < 4.78 is 0. The molecule has 1 rings (SSSR count). The first-order chi connectivity index (χ1) is 7.94. The Labute approximate surface area is 113 Å². The lowest BCUT2D eigenvalue weighted by Crippen LogP contribution is -2.45. The molecule has 3 unspecified atom stereocenters. The van der Waals surface area contributed by atoms with E-state index in [2.05, 4.69) is 51.7 Å². The van der Waals surface area contributed by atoms with Crippen molar-refractivity contribution in [2.45, 2.75) is 72.4 Å². The van der Waals surface area contributed by atoms with Crippen molar-refractivity contribution >= 4 is 11.8 Å². The summed E-state index contributed by atoms with van der Waals surface area (Å²) in [7, 11) is 0. The second-order valence-corrected chi connectivity index (χ2v) is 7.94. The summed E-state index contributed by atoms with van der Waals surface area (Å²) in [5, 5.41) is 3.85. The van der Waals surface area contributed by atoms with Gasteiger partial charge in [-0.2, -0.15) is 11.8 Å². The fraction of sp³-hybridized carbons (Fsp3) is 1.00. The van der Waals surface area contributed by atoms with E-state index in [4.69, 9.17) is 0 Å². The van der Waals surface area contributed by atoms with Crippen LogP contribution >= 0.6 is 11.8 Å². The van der Waals surface area contributed by atoms with Crippen LogP contribution in [0.5, 0.6) is 0 Å². The second-order valence-electron chi connectivity index (χ2n) is 6.54. The van der Waals surface area contributed by atoms with E-state index >= 15 is 0 Å². The monoisotopic (exact) mass is 257 g/mol. The van der Waals surface area contributed by atoms with E-state index in [9.17, 15) is 0 Å². The third-order valence-corrected chi connectivity index (χ3v) is 5.02. The molecular weight excluding hydrogens is 226 g/mol. The van der Waals surface area contributed by atoms with E-state index in [1.807, 2.05) is 0 Å². The Morgan fingerprint density at radius 3 is 2.71 bits per heavy atom. The van der Waals surface area contributed by atoms with Gasteiger partial charge in [-0.05, 0) is 55.4 Å². The Morgan fingerprint density at radius 1 is 1.41 bits per heavy atom. The average Bonchev–Trinajstić information content (AvgIpc) is 2.22. The Balaban J connectivity index is 2.27. The normalized spacial score (nSPS) is 30.2. The molecule has 2 heteroatoms. The molecule has 17 heavy (non-hydrogen) atoms. The minimum absolute atomic E-state index is 0.568. The van der Waals surface area contributed by atoms with Crippen molar-refractivity contribution in [3.8, 4) is 0 Å². The smallest absolute Gasteiger partial charge is 0.00955 e. The van der Waals surface area contributed by atoms with Crippen LogP contribution in [0.4, 0.5) is 0 Å². The van der Waals surface area contributed by atoms with Gasteiger partial charge in [0, 0.05) is 12.1 Å². The largest absolute Gasteiger partial charge is 0.311 e. The highest BCUT2D eigenvalue weighted by molar-refractivity contribution is 7.99. The first-order valence-electron chi connectivity index (χ1n) is 7.28. The quantitative estimate of drug-likeness (QED) is 0.711. The summed E-state index contributed by atoms with van der Waals surface area (Å²) >= 11 is 2.06. The third-order valence-electron chi connectivity index (χ3n) is 4.09. The molecule has 1 saturated carbocycles. The minimum atomic E-state index is 0.568. The zero-order valence-electron chi connectivity index (χ0n) is 12.4. The van der Waals surface area contributed by atoms with Gasteiger partial charge in [0.2, 0.25) is 0 Å². The zero-order chi connectivity index (χ0) is 12.9. The van der Waals surface area contributed by atoms with Crippen molar-refractivity contribution in [3.63, 3.8) is 0 Å². The van der Waals surface area contributed by atoms with Crippen molar-refractivity contribution in [3.05, 3.63) is 0 Å². The highest BCUT2D eigenvalue weighted by atomic mass is 32.2. The van der Waals surface area contributed by atoms with Crippen molar-refractivity contribution in [2.24, 2.45) is 11.3 Å². The van der Waals surface area contributed by atoms with Crippen LogP contribution in [0.25, 0.3) is 0 Å². The maximum atomic E-state index is 3.85. The fourth-order valence-corrected chi connectivity index (χ4v) is 3.86. The Bertz CT molecular complexity index is 215. The maximum absolute atomic E-state index is 3.85. The molecule has 0 radical (unpaired) electrons. The van der Waals surface area contributed by atoms with Crippen LogP contribution in [-0.2, 0) is 0 Å². The van der Waals surface area contributed by atoms with E-state index in [0.29, 0.717) is 11.5 Å². The van der Waals surface area contributed by atoms with Gasteiger partial charge in [0.05, 0.1) is 0 Å². The molecule has 1 N–H and O–H groups in total. The number of hydrogen-bond donors (Lipinski definition) is 1. The number of hydrogen-bond acceptors (Lipinski definition) is 2. The lowest BCUT2D eigenvalue weighted by Gasteiger charge is -2.40. The maximum Gasteiger partial charge on any atom is 0.00955 e. The van der Waals surface area contributed by atoms with Crippen LogP contribution in [0.3, 0.4) is 0 Å². The predicted molar refractivity (Wildman–Crippen MR) is 80.8 cm³/mol. The van der Waals surface area contributed by atoms with Crippen LogP contribution < -0.4 is 5.32 Å². The van der Waals surface area contributed by atoms with Gasteiger partial charge in [0.1, 0.15) is 0 Å². The van der Waals surface area contributed by atoms with Crippen LogP contribution in [0.1, 0.15) is 60.3 Å². The molecule has 102 valence electrons. The number of nitrogens with one attached hydrogen (secondary N) is 1. The van der Waals surface area contributed by atoms with Gasteiger partial charge in [-0.15, -0.1) is 0 Å². The molecule has 0 spiro atoms. The molecule has 1 aliphatic carbocycles. The second kappa shape index (κ2) is 7.04. The zero-order valence-corrected chi connectivity index (χ0v) is 13.2. The molecular formula is C15H31NS. The molecule has 1 aliphatic rings. The Kier molecular flexibility index (Phi) is 6.36. The Morgan fingerprint density at radius 2 is 2.12 bits per heavy atom. The van der Waals surface area contributed by atoms with Crippen LogP contribution in [0, 0.1) is 11.3 Å². The molecule has 0 aromatic carbocycles. The summed E-state index contributed by atoms with van der Waals surface area (Å²) in [5.74, 6) is 3.39. The van der Waals surface area contributed by atoms with Crippen molar-refractivity contribution in [1.82, 2.24) is 5.32 Å². The van der Waals surface area contributed by atoms with Gasteiger partial charge in [-0.1, -0.05) is 27.7 Å². The molecule has 1 nitrogen and oxygen atoms in total. The molecule has 0 aliphatic heterocycles. The van der Waals surface area contributed by atoms with Gasteiger partial charge >= 0.3 is 0 Å². The van der Waals surface area contributed by atoms with E-state index in [1.165, 1.54) is 37.2 Å². The summed E-state index contributed by atoms with van der Waals surface area (Å²) in [6.45, 7) is 11.9. The van der Waals surface area contributed by atoms with Crippen molar-refractivity contribution in [1.29, 1.82) is 0 Å². The fourth-order valence-electron chi connectivity index (χ4n) is 3.05. The van der Waals surface area contributed by atoms with E-state index < -0.39 is 0 Å². The molecule has 0 heterocycles. The average molecular weight is 257 g/mol. The van der Waals surface area contributed by atoms with Crippen LogP contribution in [0.15, 0.2) is 0 Å². The van der Waals surface area contributed by atoms with Gasteiger partial charge in [0.15, 0.2) is 0 Å². The van der Waals surface area contributed by atoms with Gasteiger partial charge in [-0.3, -0.25) is 0 Å². The molecule has 0 saturated heterocycles. The van der Waals surface area contributed by atoms with E-state index in [-0.39, 0.29) is 0 Å². The standard InChI is InChI=1S/C15H31NS/c1-6-17-10-8-13(3)16-14-7-9-15(4,5)11-12(14)2/h12-14,16H,6-11H2,1-5H3. The third kappa shape index (κ3) is 5.65. The van der Waals surface area contributed by atoms with Crippen molar-refractivity contribution in [2.75, 3.05) is 11.5 Å². The predicted octanol–water partition coefficient (Wildman–Crippen LogP) is 4.32. The molecule has 3 atom stereocenters. The highest BCUT2D eigenvalue weighted by Gasteiger charge is 2.32. The minimum Gasteiger partial charge on any atom is -0.311 e. The molecule has 1 fully saturated rings. The highest BCUT2D eigenvalue weighted by Crippen LogP contribution is 2.38.